The first-order valence-electron chi connectivity index (χ1n) is 8.97. The number of nitrogens with one attached hydrogen (secondary N) is 1. The van der Waals surface area contributed by atoms with Gasteiger partial charge in [0.15, 0.2) is 5.78 Å². The Morgan fingerprint density at radius 2 is 1.86 bits per heavy atom. The number of ketones is 1. The minimum absolute atomic E-state index is 0.140. The number of nitrogens with zero attached hydrogens (tertiary/aromatic N) is 2. The highest BCUT2D eigenvalue weighted by molar-refractivity contribution is 7.89. The van der Waals surface area contributed by atoms with E-state index in [0.29, 0.717) is 11.3 Å². The Hall–Kier alpha value is -2.82. The number of carbonyl (C=O) groups excluding carboxylic acids is 2. The van der Waals surface area contributed by atoms with Crippen molar-refractivity contribution in [1.29, 1.82) is 0 Å². The van der Waals surface area contributed by atoms with Gasteiger partial charge in [0.2, 0.25) is 15.9 Å². The van der Waals surface area contributed by atoms with Crippen LogP contribution in [0.5, 0.6) is 0 Å². The SMILES string of the molecule is CC(=O)c1cccc(NC(=O)Cn2cccc(S(=O)(=O)N3CCOCC3)c2=O)c1. The summed E-state index contributed by atoms with van der Waals surface area (Å²) in [6.45, 7) is 1.92. The third-order valence-electron chi connectivity index (χ3n) is 4.44. The molecule has 9 nitrogen and oxygen atoms in total. The van der Waals surface area contributed by atoms with Crippen LogP contribution in [0.25, 0.3) is 0 Å². The molecular weight excluding hydrogens is 398 g/mol. The summed E-state index contributed by atoms with van der Waals surface area (Å²) >= 11 is 0. The second-order valence-corrected chi connectivity index (χ2v) is 8.41. The number of amides is 1. The van der Waals surface area contributed by atoms with E-state index in [1.54, 1.807) is 18.2 Å². The molecule has 0 saturated carbocycles. The van der Waals surface area contributed by atoms with E-state index >= 15 is 0 Å². The summed E-state index contributed by atoms with van der Waals surface area (Å²) in [5.41, 5.74) is 0.0815. The molecular formula is C19H21N3O6S. The maximum atomic E-state index is 12.8. The fourth-order valence-electron chi connectivity index (χ4n) is 2.93. The van der Waals surface area contributed by atoms with Crippen LogP contribution in [-0.4, -0.2) is 55.3 Å². The summed E-state index contributed by atoms with van der Waals surface area (Å²) in [6.07, 6.45) is 1.35. The lowest BCUT2D eigenvalue weighted by molar-refractivity contribution is -0.116. The number of pyridine rings is 1. The number of hydrogen-bond acceptors (Lipinski definition) is 6. The predicted molar refractivity (Wildman–Crippen MR) is 105 cm³/mol. The summed E-state index contributed by atoms with van der Waals surface area (Å²) in [4.78, 5) is 36.1. The van der Waals surface area contributed by atoms with Gasteiger partial charge in [0, 0.05) is 30.5 Å². The van der Waals surface area contributed by atoms with Crippen molar-refractivity contribution in [3.05, 3.63) is 58.5 Å². The monoisotopic (exact) mass is 419 g/mol. The van der Waals surface area contributed by atoms with Crippen LogP contribution in [0, 0.1) is 0 Å². The smallest absolute Gasteiger partial charge is 0.271 e. The van der Waals surface area contributed by atoms with Gasteiger partial charge in [0.25, 0.3) is 5.56 Å². The Morgan fingerprint density at radius 1 is 1.14 bits per heavy atom. The maximum Gasteiger partial charge on any atom is 0.271 e. The van der Waals surface area contributed by atoms with Crippen molar-refractivity contribution in [2.45, 2.75) is 18.4 Å². The molecule has 1 aliphatic heterocycles. The summed E-state index contributed by atoms with van der Waals surface area (Å²) in [6, 6.07) is 9.06. The van der Waals surface area contributed by atoms with E-state index in [-0.39, 0.29) is 43.5 Å². The van der Waals surface area contributed by atoms with Gasteiger partial charge >= 0.3 is 0 Å². The minimum atomic E-state index is -3.97. The zero-order valence-corrected chi connectivity index (χ0v) is 16.6. The molecule has 1 fully saturated rings. The van der Waals surface area contributed by atoms with Crippen molar-refractivity contribution in [2.75, 3.05) is 31.6 Å². The van der Waals surface area contributed by atoms with Gasteiger partial charge in [-0.3, -0.25) is 14.4 Å². The quantitative estimate of drug-likeness (QED) is 0.690. The zero-order valence-electron chi connectivity index (χ0n) is 15.8. The van der Waals surface area contributed by atoms with E-state index < -0.39 is 21.5 Å². The number of sulfonamides is 1. The van der Waals surface area contributed by atoms with Crippen LogP contribution in [0.15, 0.2) is 52.3 Å². The number of ether oxygens (including phenoxy) is 1. The molecule has 0 atom stereocenters. The number of carbonyl (C=O) groups is 2. The molecule has 1 N–H and O–H groups in total. The number of anilines is 1. The summed E-state index contributed by atoms with van der Waals surface area (Å²) in [5.74, 6) is -0.660. The first kappa shape index (κ1) is 20.9. The largest absolute Gasteiger partial charge is 0.379 e. The van der Waals surface area contributed by atoms with Crippen molar-refractivity contribution in [2.24, 2.45) is 0 Å². The predicted octanol–water partition coefficient (Wildman–Crippen LogP) is 0.710. The van der Waals surface area contributed by atoms with E-state index in [4.69, 9.17) is 4.74 Å². The summed E-state index contributed by atoms with van der Waals surface area (Å²) in [7, 11) is -3.97. The molecule has 0 radical (unpaired) electrons. The van der Waals surface area contributed by atoms with E-state index in [0.717, 1.165) is 4.57 Å². The lowest BCUT2D eigenvalue weighted by Gasteiger charge is -2.25. The molecule has 1 aliphatic rings. The first-order chi connectivity index (χ1) is 13.8. The highest BCUT2D eigenvalue weighted by Crippen LogP contribution is 2.14. The van der Waals surface area contributed by atoms with Crippen molar-refractivity contribution < 1.29 is 22.7 Å². The molecule has 10 heteroatoms. The number of rotatable bonds is 6. The van der Waals surface area contributed by atoms with Crippen LogP contribution in [0.4, 0.5) is 5.69 Å². The highest BCUT2D eigenvalue weighted by Gasteiger charge is 2.29. The Balaban J connectivity index is 1.79. The van der Waals surface area contributed by atoms with Crippen LogP contribution in [0.1, 0.15) is 17.3 Å². The number of morpholine rings is 1. The highest BCUT2D eigenvalue weighted by atomic mass is 32.2. The number of benzene rings is 1. The fourth-order valence-corrected chi connectivity index (χ4v) is 4.43. The van der Waals surface area contributed by atoms with Gasteiger partial charge in [0.1, 0.15) is 11.4 Å². The minimum Gasteiger partial charge on any atom is -0.379 e. The fraction of sp³-hybridized carbons (Fsp3) is 0.316. The Kier molecular flexibility index (Phi) is 6.26. The van der Waals surface area contributed by atoms with Crippen molar-refractivity contribution in [1.82, 2.24) is 8.87 Å². The topological polar surface area (TPSA) is 115 Å². The molecule has 1 amide bonds. The van der Waals surface area contributed by atoms with E-state index in [1.807, 2.05) is 0 Å². The van der Waals surface area contributed by atoms with Crippen LogP contribution >= 0.6 is 0 Å². The molecule has 29 heavy (non-hydrogen) atoms. The third-order valence-corrected chi connectivity index (χ3v) is 6.35. The average Bonchev–Trinajstić information content (AvgIpc) is 2.70. The van der Waals surface area contributed by atoms with Crippen LogP contribution in [0.2, 0.25) is 0 Å². The van der Waals surface area contributed by atoms with Gasteiger partial charge in [-0.2, -0.15) is 4.31 Å². The molecule has 154 valence electrons. The molecule has 0 bridgehead atoms. The molecule has 0 unspecified atom stereocenters. The molecule has 2 heterocycles. The van der Waals surface area contributed by atoms with Crippen LogP contribution < -0.4 is 10.9 Å². The van der Waals surface area contributed by atoms with Gasteiger partial charge in [-0.05, 0) is 31.2 Å². The summed E-state index contributed by atoms with van der Waals surface area (Å²) < 4.78 is 32.9. The maximum absolute atomic E-state index is 12.8. The van der Waals surface area contributed by atoms with E-state index in [9.17, 15) is 22.8 Å². The lowest BCUT2D eigenvalue weighted by atomic mass is 10.1. The van der Waals surface area contributed by atoms with Crippen molar-refractivity contribution in [3.63, 3.8) is 0 Å². The molecule has 0 aliphatic carbocycles. The van der Waals surface area contributed by atoms with Crippen molar-refractivity contribution >= 4 is 27.4 Å². The van der Waals surface area contributed by atoms with Gasteiger partial charge in [-0.15, -0.1) is 0 Å². The average molecular weight is 419 g/mol. The number of aromatic nitrogens is 1. The van der Waals surface area contributed by atoms with Gasteiger partial charge in [-0.1, -0.05) is 12.1 Å². The Morgan fingerprint density at radius 3 is 2.55 bits per heavy atom. The van der Waals surface area contributed by atoms with Gasteiger partial charge < -0.3 is 14.6 Å². The molecule has 1 aromatic carbocycles. The molecule has 2 aromatic rings. The number of hydrogen-bond donors (Lipinski definition) is 1. The normalized spacial score (nSPS) is 15.1. The first-order valence-corrected chi connectivity index (χ1v) is 10.4. The third kappa shape index (κ3) is 4.78. The van der Waals surface area contributed by atoms with E-state index in [1.165, 1.54) is 35.6 Å². The van der Waals surface area contributed by atoms with Gasteiger partial charge in [0.05, 0.1) is 13.2 Å². The van der Waals surface area contributed by atoms with Gasteiger partial charge in [-0.25, -0.2) is 8.42 Å². The second-order valence-electron chi connectivity index (χ2n) is 6.51. The summed E-state index contributed by atoms with van der Waals surface area (Å²) in [5, 5.41) is 2.61. The van der Waals surface area contributed by atoms with Crippen molar-refractivity contribution in [3.8, 4) is 0 Å². The van der Waals surface area contributed by atoms with Crippen LogP contribution in [-0.2, 0) is 26.1 Å². The second kappa shape index (κ2) is 8.68. The Labute approximate surface area is 168 Å². The Bertz CT molecular complexity index is 1090. The van der Waals surface area contributed by atoms with Crippen LogP contribution in [0.3, 0.4) is 0 Å². The molecule has 1 saturated heterocycles. The number of Topliss-reactive ketones (excluding diaryl/α,β-unsaturated/α-hetero) is 1. The lowest BCUT2D eigenvalue weighted by Crippen LogP contribution is -2.43. The zero-order chi connectivity index (χ0) is 21.0. The molecule has 0 spiro atoms. The molecule has 1 aromatic heterocycles. The van der Waals surface area contributed by atoms with E-state index in [2.05, 4.69) is 5.32 Å². The standard InChI is InChI=1S/C19H21N3O6S/c1-14(23)15-4-2-5-16(12-15)20-18(24)13-21-7-3-6-17(19(21)25)29(26,27)22-8-10-28-11-9-22/h2-7,12H,8-11,13H2,1H3,(H,20,24). The molecule has 3 rings (SSSR count).